The number of nitrogens with two attached hydrogens (primary N) is 1. The molecule has 2 saturated heterocycles. The van der Waals surface area contributed by atoms with E-state index >= 15 is 0 Å². The average molecular weight is 372 g/mol. The Morgan fingerprint density at radius 2 is 2.24 bits per heavy atom. The summed E-state index contributed by atoms with van der Waals surface area (Å²) in [6.45, 7) is 2.39. The zero-order valence-corrected chi connectivity index (χ0v) is 14.5. The van der Waals surface area contributed by atoms with E-state index in [1.807, 2.05) is 17.8 Å². The Bertz CT molecular complexity index is 479. The van der Waals surface area contributed by atoms with Crippen molar-refractivity contribution < 1.29 is 9.47 Å². The Labute approximate surface area is 139 Å². The lowest BCUT2D eigenvalue weighted by molar-refractivity contribution is -0.100. The van der Waals surface area contributed by atoms with Crippen LogP contribution in [0.4, 0.5) is 0 Å². The summed E-state index contributed by atoms with van der Waals surface area (Å²) in [6.07, 6.45) is 3.14. The fraction of sp³-hybridized carbons (Fsp3) is 0.625. The number of ether oxygens (including phenoxy) is 2. The highest BCUT2D eigenvalue weighted by Gasteiger charge is 2.42. The van der Waals surface area contributed by atoms with Gasteiger partial charge in [0.1, 0.15) is 0 Å². The highest BCUT2D eigenvalue weighted by molar-refractivity contribution is 9.10. The second kappa shape index (κ2) is 7.01. The van der Waals surface area contributed by atoms with Crippen molar-refractivity contribution in [3.63, 3.8) is 0 Å². The normalized spacial score (nSPS) is 30.7. The van der Waals surface area contributed by atoms with Gasteiger partial charge in [-0.25, -0.2) is 0 Å². The molecule has 1 spiro atoms. The van der Waals surface area contributed by atoms with Crippen molar-refractivity contribution in [3.05, 3.63) is 28.7 Å². The van der Waals surface area contributed by atoms with Crippen molar-refractivity contribution in [3.8, 4) is 0 Å². The van der Waals surface area contributed by atoms with Crippen LogP contribution in [0.1, 0.15) is 19.3 Å². The van der Waals surface area contributed by atoms with Gasteiger partial charge in [0.2, 0.25) is 0 Å². The summed E-state index contributed by atoms with van der Waals surface area (Å²) in [5.41, 5.74) is 6.42. The van der Waals surface area contributed by atoms with Crippen molar-refractivity contribution in [1.29, 1.82) is 0 Å². The molecule has 5 heteroatoms. The summed E-state index contributed by atoms with van der Waals surface area (Å²) >= 11 is 5.43. The lowest BCUT2D eigenvalue weighted by Crippen LogP contribution is -2.46. The Morgan fingerprint density at radius 3 is 3.00 bits per heavy atom. The maximum Gasteiger partial charge on any atom is 0.0939 e. The molecule has 3 unspecified atom stereocenters. The molecule has 1 aromatic carbocycles. The lowest BCUT2D eigenvalue weighted by atomic mass is 9.82. The third kappa shape index (κ3) is 3.82. The first-order valence-electron chi connectivity index (χ1n) is 7.53. The number of hydrogen-bond donors (Lipinski definition) is 1. The first kappa shape index (κ1) is 15.8. The second-order valence-corrected chi connectivity index (χ2v) is 7.91. The largest absolute Gasteiger partial charge is 0.378 e. The maximum absolute atomic E-state index is 6.46. The van der Waals surface area contributed by atoms with E-state index in [0.717, 1.165) is 49.3 Å². The molecular weight excluding hydrogens is 350 g/mol. The predicted molar refractivity (Wildman–Crippen MR) is 89.7 cm³/mol. The van der Waals surface area contributed by atoms with E-state index < -0.39 is 0 Å². The molecule has 0 aromatic heterocycles. The zero-order chi connectivity index (χ0) is 14.7. The van der Waals surface area contributed by atoms with Gasteiger partial charge >= 0.3 is 0 Å². The van der Waals surface area contributed by atoms with E-state index in [9.17, 15) is 0 Å². The van der Waals surface area contributed by atoms with Crippen molar-refractivity contribution in [2.45, 2.75) is 35.8 Å². The van der Waals surface area contributed by atoms with Gasteiger partial charge in [-0.1, -0.05) is 12.1 Å². The topological polar surface area (TPSA) is 44.5 Å². The van der Waals surface area contributed by atoms with Gasteiger partial charge in [-0.3, -0.25) is 0 Å². The Balaban J connectivity index is 1.55. The van der Waals surface area contributed by atoms with Crippen molar-refractivity contribution in [2.24, 2.45) is 11.7 Å². The smallest absolute Gasteiger partial charge is 0.0939 e. The highest BCUT2D eigenvalue weighted by atomic mass is 79.9. The van der Waals surface area contributed by atoms with Gasteiger partial charge in [-0.05, 0) is 46.8 Å². The van der Waals surface area contributed by atoms with Gasteiger partial charge in [0, 0.05) is 40.8 Å². The molecule has 0 amide bonds. The fourth-order valence-corrected chi connectivity index (χ4v) is 4.83. The van der Waals surface area contributed by atoms with Crippen molar-refractivity contribution in [2.75, 3.05) is 25.6 Å². The van der Waals surface area contributed by atoms with Crippen LogP contribution in [0.15, 0.2) is 33.6 Å². The van der Waals surface area contributed by atoms with Crippen LogP contribution in [0.5, 0.6) is 0 Å². The van der Waals surface area contributed by atoms with Crippen LogP contribution in [-0.2, 0) is 9.47 Å². The lowest BCUT2D eigenvalue weighted by Gasteiger charge is -2.39. The Kier molecular flexibility index (Phi) is 5.27. The van der Waals surface area contributed by atoms with Crippen molar-refractivity contribution >= 4 is 27.7 Å². The number of halogens is 1. The van der Waals surface area contributed by atoms with Crippen LogP contribution in [0.3, 0.4) is 0 Å². The summed E-state index contributed by atoms with van der Waals surface area (Å²) in [4.78, 5) is 1.26. The molecule has 0 saturated carbocycles. The van der Waals surface area contributed by atoms with Gasteiger partial charge in [0.05, 0.1) is 12.2 Å². The molecule has 3 atom stereocenters. The fourth-order valence-electron chi connectivity index (χ4n) is 3.18. The van der Waals surface area contributed by atoms with Crippen LogP contribution in [0, 0.1) is 5.92 Å². The minimum atomic E-state index is -0.0431. The van der Waals surface area contributed by atoms with E-state index in [-0.39, 0.29) is 11.6 Å². The summed E-state index contributed by atoms with van der Waals surface area (Å²) in [5, 5.41) is 0. The third-order valence-corrected chi connectivity index (χ3v) is 6.64. The molecule has 2 aliphatic rings. The van der Waals surface area contributed by atoms with E-state index in [4.69, 9.17) is 15.2 Å². The molecule has 3 nitrogen and oxygen atoms in total. The van der Waals surface area contributed by atoms with Gasteiger partial charge < -0.3 is 15.2 Å². The van der Waals surface area contributed by atoms with Gasteiger partial charge in [-0.2, -0.15) is 0 Å². The average Bonchev–Trinajstić information content (AvgIpc) is 2.94. The molecule has 21 heavy (non-hydrogen) atoms. The number of hydrogen-bond acceptors (Lipinski definition) is 4. The predicted octanol–water partition coefficient (Wildman–Crippen LogP) is 3.45. The summed E-state index contributed by atoms with van der Waals surface area (Å²) in [6, 6.07) is 8.53. The van der Waals surface area contributed by atoms with Crippen LogP contribution in [-0.4, -0.2) is 37.2 Å². The van der Waals surface area contributed by atoms with E-state index in [2.05, 4.69) is 34.1 Å². The van der Waals surface area contributed by atoms with E-state index in [1.165, 1.54) is 4.90 Å². The van der Waals surface area contributed by atoms with E-state index in [0.29, 0.717) is 5.92 Å². The van der Waals surface area contributed by atoms with Gasteiger partial charge in [0.15, 0.2) is 0 Å². The summed E-state index contributed by atoms with van der Waals surface area (Å²) < 4.78 is 12.7. The zero-order valence-electron chi connectivity index (χ0n) is 12.1. The van der Waals surface area contributed by atoms with Crippen LogP contribution < -0.4 is 5.73 Å². The molecular formula is C16H22BrNO2S. The second-order valence-electron chi connectivity index (χ2n) is 5.99. The van der Waals surface area contributed by atoms with Gasteiger partial charge in [-0.15, -0.1) is 11.8 Å². The van der Waals surface area contributed by atoms with Crippen LogP contribution in [0.2, 0.25) is 0 Å². The molecule has 0 radical (unpaired) electrons. The molecule has 2 heterocycles. The standard InChI is InChI=1S/C16H22BrNO2S/c17-13-3-1-2-4-15(13)21-10-14(18)12-5-7-20-16(9-12)6-8-19-11-16/h1-4,12,14H,5-11,18H2. The molecule has 3 rings (SSSR count). The van der Waals surface area contributed by atoms with Crippen molar-refractivity contribution in [1.82, 2.24) is 0 Å². The molecule has 2 fully saturated rings. The van der Waals surface area contributed by atoms with Gasteiger partial charge in [0.25, 0.3) is 0 Å². The monoisotopic (exact) mass is 371 g/mol. The minimum Gasteiger partial charge on any atom is -0.378 e. The summed E-state index contributed by atoms with van der Waals surface area (Å²) in [5.74, 6) is 1.49. The molecule has 2 N–H and O–H groups in total. The SMILES string of the molecule is NC(CSc1ccccc1Br)C1CCOC2(CCOC2)C1. The highest BCUT2D eigenvalue weighted by Crippen LogP contribution is 2.38. The van der Waals surface area contributed by atoms with Crippen LogP contribution in [0.25, 0.3) is 0 Å². The molecule has 1 aromatic rings. The first-order chi connectivity index (χ1) is 10.2. The van der Waals surface area contributed by atoms with Crippen LogP contribution >= 0.6 is 27.7 Å². The summed E-state index contributed by atoms with van der Waals surface area (Å²) in [7, 11) is 0. The molecule has 0 bridgehead atoms. The Morgan fingerprint density at radius 1 is 1.38 bits per heavy atom. The number of thioether (sulfide) groups is 1. The first-order valence-corrected chi connectivity index (χ1v) is 9.31. The van der Waals surface area contributed by atoms with E-state index in [1.54, 1.807) is 0 Å². The molecule has 0 aliphatic carbocycles. The Hall–Kier alpha value is -0.0700. The molecule has 2 aliphatic heterocycles. The quantitative estimate of drug-likeness (QED) is 0.823. The molecule has 116 valence electrons. The number of benzene rings is 1. The number of rotatable bonds is 4. The third-order valence-electron chi connectivity index (χ3n) is 4.47. The maximum atomic E-state index is 6.46. The minimum absolute atomic E-state index is 0.0431.